The van der Waals surface area contributed by atoms with E-state index < -0.39 is 10.0 Å². The van der Waals surface area contributed by atoms with Crippen LogP contribution in [0.3, 0.4) is 0 Å². The number of piperidine rings is 1. The Bertz CT molecular complexity index is 1020. The zero-order chi connectivity index (χ0) is 22.3. The molecule has 1 aromatic carbocycles. The Hall–Kier alpha value is -2.19. The van der Waals surface area contributed by atoms with E-state index in [1.54, 1.807) is 13.8 Å². The number of nitrogens with zero attached hydrogens (tertiary/aromatic N) is 2. The fraction of sp³-hybridized carbons (Fsp3) is 0.545. The average Bonchev–Trinajstić information content (AvgIpc) is 3.01. The maximum Gasteiger partial charge on any atom is 0.314 e. The van der Waals surface area contributed by atoms with Crippen molar-refractivity contribution in [2.75, 3.05) is 13.1 Å². The first-order valence-electron chi connectivity index (χ1n) is 10.2. The maximum absolute atomic E-state index is 12.9. The van der Waals surface area contributed by atoms with Crippen LogP contribution in [0, 0.1) is 26.7 Å². The lowest BCUT2D eigenvalue weighted by Crippen LogP contribution is -2.41. The second-order valence-electron chi connectivity index (χ2n) is 8.98. The summed E-state index contributed by atoms with van der Waals surface area (Å²) in [6, 6.07) is 5.86. The maximum atomic E-state index is 12.9. The van der Waals surface area contributed by atoms with Crippen molar-refractivity contribution in [3.8, 4) is 5.75 Å². The Morgan fingerprint density at radius 3 is 2.30 bits per heavy atom. The molecule has 8 heteroatoms. The van der Waals surface area contributed by atoms with Gasteiger partial charge in [-0.25, -0.2) is 8.42 Å². The van der Waals surface area contributed by atoms with Gasteiger partial charge in [-0.2, -0.15) is 4.31 Å². The van der Waals surface area contributed by atoms with E-state index in [1.165, 1.54) is 9.87 Å². The molecule has 1 aliphatic heterocycles. The fourth-order valence-corrected chi connectivity index (χ4v) is 5.49. The Kier molecular flexibility index (Phi) is 6.11. The second-order valence-corrected chi connectivity index (χ2v) is 10.9. The number of ether oxygens (including phenoxy) is 1. The van der Waals surface area contributed by atoms with Crippen LogP contribution in [-0.2, 0) is 20.2 Å². The topological polar surface area (TPSA) is 89.7 Å². The summed E-state index contributed by atoms with van der Waals surface area (Å²) in [6.07, 6.45) is 0.834. The van der Waals surface area contributed by atoms with Crippen LogP contribution in [-0.4, -0.2) is 36.9 Å². The summed E-state index contributed by atoms with van der Waals surface area (Å²) in [5.41, 5.74) is 2.46. The lowest BCUT2D eigenvalue weighted by Gasteiger charge is -2.30. The molecular weight excluding hydrogens is 404 g/mol. The quantitative estimate of drug-likeness (QED) is 0.535. The van der Waals surface area contributed by atoms with Gasteiger partial charge < -0.3 is 9.26 Å². The van der Waals surface area contributed by atoms with Crippen molar-refractivity contribution in [1.29, 1.82) is 0 Å². The number of esters is 1. The molecule has 30 heavy (non-hydrogen) atoms. The van der Waals surface area contributed by atoms with Crippen molar-refractivity contribution in [3.05, 3.63) is 40.8 Å². The normalized spacial score (nSPS) is 16.6. The van der Waals surface area contributed by atoms with Crippen LogP contribution in [0.25, 0.3) is 0 Å². The number of rotatable bonds is 4. The van der Waals surface area contributed by atoms with Gasteiger partial charge in [0.1, 0.15) is 16.3 Å². The van der Waals surface area contributed by atoms with E-state index in [9.17, 15) is 13.2 Å². The molecule has 1 fully saturated rings. The van der Waals surface area contributed by atoms with Gasteiger partial charge in [0, 0.05) is 13.1 Å². The highest BCUT2D eigenvalue weighted by Crippen LogP contribution is 2.30. The third-order valence-corrected chi connectivity index (χ3v) is 7.75. The molecule has 0 bridgehead atoms. The first-order chi connectivity index (χ1) is 13.9. The highest BCUT2D eigenvalue weighted by atomic mass is 32.2. The Labute approximate surface area is 178 Å². The smallest absolute Gasteiger partial charge is 0.314 e. The molecule has 2 aromatic rings. The van der Waals surface area contributed by atoms with Crippen molar-refractivity contribution in [2.45, 2.75) is 64.7 Å². The van der Waals surface area contributed by atoms with Crippen LogP contribution in [0.4, 0.5) is 0 Å². The monoisotopic (exact) mass is 434 g/mol. The van der Waals surface area contributed by atoms with E-state index in [4.69, 9.17) is 9.26 Å². The van der Waals surface area contributed by atoms with Gasteiger partial charge in [-0.15, -0.1) is 0 Å². The van der Waals surface area contributed by atoms with Crippen molar-refractivity contribution in [1.82, 2.24) is 9.46 Å². The molecule has 0 spiro atoms. The number of hydrogen-bond acceptors (Lipinski definition) is 6. The number of aromatic nitrogens is 1. The molecule has 1 aliphatic rings. The zero-order valence-corrected chi connectivity index (χ0v) is 19.3. The van der Waals surface area contributed by atoms with Gasteiger partial charge in [-0.1, -0.05) is 38.1 Å². The van der Waals surface area contributed by atoms with Crippen LogP contribution < -0.4 is 4.74 Å². The summed E-state index contributed by atoms with van der Waals surface area (Å²) < 4.78 is 37.9. The molecule has 0 amide bonds. The van der Waals surface area contributed by atoms with Gasteiger partial charge in [0.15, 0.2) is 5.76 Å². The van der Waals surface area contributed by atoms with E-state index >= 15 is 0 Å². The Morgan fingerprint density at radius 2 is 1.80 bits per heavy atom. The summed E-state index contributed by atoms with van der Waals surface area (Å²) in [7, 11) is -3.69. The molecule has 0 unspecified atom stereocenters. The second kappa shape index (κ2) is 8.15. The van der Waals surface area contributed by atoms with Crippen molar-refractivity contribution < 1.29 is 22.5 Å². The molecule has 0 radical (unpaired) electrons. The number of carbonyl (C=O) groups is 1. The summed E-state index contributed by atoms with van der Waals surface area (Å²) in [5, 5.41) is 3.74. The molecule has 0 atom stereocenters. The zero-order valence-electron chi connectivity index (χ0n) is 18.5. The first kappa shape index (κ1) is 22.5. The van der Waals surface area contributed by atoms with Gasteiger partial charge in [0.2, 0.25) is 10.0 Å². The molecular formula is C22H30N2O5S. The number of carbonyl (C=O) groups excluding carboxylic acids is 1. The van der Waals surface area contributed by atoms with Crippen molar-refractivity contribution in [3.63, 3.8) is 0 Å². The first-order valence-corrected chi connectivity index (χ1v) is 11.6. The number of hydrogen-bond donors (Lipinski definition) is 0. The largest absolute Gasteiger partial charge is 0.426 e. The van der Waals surface area contributed by atoms with Crippen LogP contribution in [0.2, 0.25) is 0 Å². The van der Waals surface area contributed by atoms with Crippen molar-refractivity contribution >= 4 is 16.0 Å². The molecule has 3 rings (SSSR count). The molecule has 0 aliphatic carbocycles. The number of sulfonamides is 1. The highest BCUT2D eigenvalue weighted by molar-refractivity contribution is 7.89. The summed E-state index contributed by atoms with van der Waals surface area (Å²) in [5.74, 6) is 0.195. The van der Waals surface area contributed by atoms with E-state index in [-0.39, 0.29) is 41.0 Å². The summed E-state index contributed by atoms with van der Waals surface area (Å²) in [6.45, 7) is 12.1. The van der Waals surface area contributed by atoms with Crippen LogP contribution in [0.5, 0.6) is 5.75 Å². The average molecular weight is 435 g/mol. The minimum atomic E-state index is -3.69. The molecule has 0 saturated carbocycles. The SMILES string of the molecule is Cc1cc(C(C)(C)C)ccc1OC(=O)C1CCN(S(=O)(=O)c2c(C)noc2C)CC1. The van der Waals surface area contributed by atoms with E-state index in [2.05, 4.69) is 25.9 Å². The fourth-order valence-electron chi connectivity index (χ4n) is 3.73. The van der Waals surface area contributed by atoms with Gasteiger partial charge in [0.25, 0.3) is 0 Å². The van der Waals surface area contributed by atoms with Crippen LogP contribution in [0.1, 0.15) is 56.2 Å². The minimum Gasteiger partial charge on any atom is -0.426 e. The predicted octanol–water partition coefficient (Wildman–Crippen LogP) is 3.90. The van der Waals surface area contributed by atoms with Gasteiger partial charge in [0.05, 0.1) is 5.92 Å². The van der Waals surface area contributed by atoms with Crippen LogP contribution >= 0.6 is 0 Å². The third kappa shape index (κ3) is 4.44. The van der Waals surface area contributed by atoms with E-state index in [0.29, 0.717) is 24.3 Å². The van der Waals surface area contributed by atoms with Crippen LogP contribution in [0.15, 0.2) is 27.6 Å². The predicted molar refractivity (Wildman–Crippen MR) is 113 cm³/mol. The molecule has 1 saturated heterocycles. The molecule has 1 aromatic heterocycles. The Morgan fingerprint density at radius 1 is 1.17 bits per heavy atom. The van der Waals surface area contributed by atoms with E-state index in [1.807, 2.05) is 25.1 Å². The standard InChI is InChI=1S/C22H30N2O5S/c1-14-13-18(22(4,5)6)7-8-19(14)28-21(25)17-9-11-24(12-10-17)30(26,27)20-15(2)23-29-16(20)3/h7-8,13,17H,9-12H2,1-6H3. The minimum absolute atomic E-state index is 0.0207. The van der Waals surface area contributed by atoms with E-state index in [0.717, 1.165) is 5.56 Å². The summed E-state index contributed by atoms with van der Waals surface area (Å²) >= 11 is 0. The van der Waals surface area contributed by atoms with Crippen molar-refractivity contribution in [2.24, 2.45) is 5.92 Å². The summed E-state index contributed by atoms with van der Waals surface area (Å²) in [4.78, 5) is 12.8. The van der Waals surface area contributed by atoms with Gasteiger partial charge >= 0.3 is 5.97 Å². The number of benzene rings is 1. The van der Waals surface area contributed by atoms with Gasteiger partial charge in [-0.05, 0) is 56.2 Å². The lowest BCUT2D eigenvalue weighted by atomic mass is 9.86. The molecule has 0 N–H and O–H groups in total. The highest BCUT2D eigenvalue weighted by Gasteiger charge is 2.36. The molecule has 164 valence electrons. The Balaban J connectivity index is 1.65. The van der Waals surface area contributed by atoms with Gasteiger partial charge in [-0.3, -0.25) is 4.79 Å². The molecule has 2 heterocycles. The number of aryl methyl sites for hydroxylation is 3. The third-order valence-electron chi connectivity index (χ3n) is 5.60. The molecule has 7 nitrogen and oxygen atoms in total. The lowest BCUT2D eigenvalue weighted by molar-refractivity contribution is -0.140.